The van der Waals surface area contributed by atoms with Gasteiger partial charge >= 0.3 is 0 Å². The van der Waals surface area contributed by atoms with Crippen LogP contribution in [-0.2, 0) is 4.74 Å². The number of H-pyrrole nitrogens is 1. The highest BCUT2D eigenvalue weighted by molar-refractivity contribution is 5.51. The van der Waals surface area contributed by atoms with E-state index in [2.05, 4.69) is 20.3 Å². The van der Waals surface area contributed by atoms with Gasteiger partial charge in [-0.05, 0) is 12.8 Å². The Balaban J connectivity index is 2.23. The second-order valence-electron chi connectivity index (χ2n) is 4.28. The third-order valence-electron chi connectivity index (χ3n) is 2.48. The molecule has 0 amide bonds. The van der Waals surface area contributed by atoms with Gasteiger partial charge in [-0.2, -0.15) is 10.1 Å². The van der Waals surface area contributed by atoms with E-state index in [1.54, 1.807) is 6.07 Å². The Hall–Kier alpha value is -1.89. The van der Waals surface area contributed by atoms with Crippen LogP contribution < -0.4 is 5.73 Å². The molecule has 2 aromatic rings. The molecular weight excluding hydrogens is 234 g/mol. The highest BCUT2D eigenvalue weighted by Crippen LogP contribution is 2.25. The number of nitrogens with two attached hydrogens (primary N) is 1. The molecule has 98 valence electrons. The molecule has 0 aromatic carbocycles. The lowest BCUT2D eigenvalue weighted by Crippen LogP contribution is -2.12. The summed E-state index contributed by atoms with van der Waals surface area (Å²) in [6, 6.07) is 1.64. The Morgan fingerprint density at radius 2 is 2.28 bits per heavy atom. The first-order chi connectivity index (χ1) is 8.61. The molecule has 7 heteroatoms. The molecule has 0 saturated carbocycles. The quantitative estimate of drug-likeness (QED) is 0.839. The lowest BCUT2D eigenvalue weighted by molar-refractivity contribution is 0.0217. The van der Waals surface area contributed by atoms with E-state index in [9.17, 15) is 0 Å². The molecule has 0 aliphatic heterocycles. The smallest absolute Gasteiger partial charge is 0.276 e. The molecule has 18 heavy (non-hydrogen) atoms. The van der Waals surface area contributed by atoms with Crippen LogP contribution in [0.4, 0.5) is 5.82 Å². The predicted octanol–water partition coefficient (Wildman–Crippen LogP) is 1.78. The summed E-state index contributed by atoms with van der Waals surface area (Å²) in [5.41, 5.74) is 6.12. The largest absolute Gasteiger partial charge is 0.382 e. The average molecular weight is 251 g/mol. The van der Waals surface area contributed by atoms with E-state index in [-0.39, 0.29) is 12.0 Å². The summed E-state index contributed by atoms with van der Waals surface area (Å²) in [7, 11) is 0. The van der Waals surface area contributed by atoms with Gasteiger partial charge in [-0.1, -0.05) is 19.0 Å². The molecule has 0 radical (unpaired) electrons. The molecule has 0 aliphatic rings. The molecule has 2 heterocycles. The SMILES string of the molecule is CCOC(c1noc(-c2cc(N)n[nH]2)n1)C(C)C. The summed E-state index contributed by atoms with van der Waals surface area (Å²) in [6.07, 6.45) is -0.173. The van der Waals surface area contributed by atoms with Gasteiger partial charge in [0.1, 0.15) is 17.6 Å². The molecule has 2 aromatic heterocycles. The van der Waals surface area contributed by atoms with Crippen molar-refractivity contribution >= 4 is 5.82 Å². The van der Waals surface area contributed by atoms with Crippen molar-refractivity contribution in [1.82, 2.24) is 20.3 Å². The number of nitrogens with zero attached hydrogens (tertiary/aromatic N) is 3. The molecule has 1 unspecified atom stereocenters. The number of hydrogen-bond donors (Lipinski definition) is 2. The molecule has 3 N–H and O–H groups in total. The fraction of sp³-hybridized carbons (Fsp3) is 0.545. The highest BCUT2D eigenvalue weighted by Gasteiger charge is 2.23. The molecule has 1 atom stereocenters. The van der Waals surface area contributed by atoms with Crippen molar-refractivity contribution in [3.63, 3.8) is 0 Å². The van der Waals surface area contributed by atoms with Gasteiger partial charge in [-0.25, -0.2) is 0 Å². The monoisotopic (exact) mass is 251 g/mol. The van der Waals surface area contributed by atoms with Crippen molar-refractivity contribution in [2.75, 3.05) is 12.3 Å². The maximum absolute atomic E-state index is 5.61. The summed E-state index contributed by atoms with van der Waals surface area (Å²) in [4.78, 5) is 4.30. The van der Waals surface area contributed by atoms with Crippen LogP contribution in [0, 0.1) is 5.92 Å². The molecule has 0 spiro atoms. The first-order valence-corrected chi connectivity index (χ1v) is 5.88. The number of ether oxygens (including phenoxy) is 1. The van der Waals surface area contributed by atoms with Crippen LogP contribution in [0.2, 0.25) is 0 Å². The van der Waals surface area contributed by atoms with E-state index in [0.29, 0.717) is 29.8 Å². The normalized spacial score (nSPS) is 13.1. The minimum absolute atomic E-state index is 0.173. The number of aromatic nitrogens is 4. The maximum Gasteiger partial charge on any atom is 0.276 e. The Morgan fingerprint density at radius 3 is 2.83 bits per heavy atom. The fourth-order valence-electron chi connectivity index (χ4n) is 1.65. The molecule has 7 nitrogen and oxygen atoms in total. The number of hydrogen-bond acceptors (Lipinski definition) is 6. The van der Waals surface area contributed by atoms with Gasteiger partial charge in [0.2, 0.25) is 5.82 Å². The van der Waals surface area contributed by atoms with Crippen molar-refractivity contribution in [2.45, 2.75) is 26.9 Å². The molecular formula is C11H17N5O2. The maximum atomic E-state index is 5.61. The number of rotatable bonds is 5. The minimum atomic E-state index is -0.173. The highest BCUT2D eigenvalue weighted by atomic mass is 16.5. The van der Waals surface area contributed by atoms with Gasteiger partial charge in [0.15, 0.2) is 0 Å². The van der Waals surface area contributed by atoms with Crippen LogP contribution in [0.5, 0.6) is 0 Å². The molecule has 0 fully saturated rings. The Labute approximate surface area is 105 Å². The van der Waals surface area contributed by atoms with Crippen molar-refractivity contribution < 1.29 is 9.26 Å². The van der Waals surface area contributed by atoms with E-state index in [1.807, 2.05) is 20.8 Å². The van der Waals surface area contributed by atoms with Crippen molar-refractivity contribution in [2.24, 2.45) is 5.92 Å². The molecule has 2 rings (SSSR count). The molecule has 0 saturated heterocycles. The zero-order valence-corrected chi connectivity index (χ0v) is 10.7. The third-order valence-corrected chi connectivity index (χ3v) is 2.48. The van der Waals surface area contributed by atoms with E-state index < -0.39 is 0 Å². The first-order valence-electron chi connectivity index (χ1n) is 5.88. The number of nitrogen functional groups attached to an aromatic ring is 1. The fourth-order valence-corrected chi connectivity index (χ4v) is 1.65. The van der Waals surface area contributed by atoms with Gasteiger partial charge in [0.05, 0.1) is 0 Å². The van der Waals surface area contributed by atoms with E-state index >= 15 is 0 Å². The van der Waals surface area contributed by atoms with Crippen molar-refractivity contribution in [1.29, 1.82) is 0 Å². The van der Waals surface area contributed by atoms with Gasteiger partial charge in [0.25, 0.3) is 5.89 Å². The standard InChI is InChI=1S/C11H17N5O2/c1-4-17-9(6(2)3)10-13-11(18-16-10)7-5-8(12)15-14-7/h5-6,9H,4H2,1-3H3,(H3,12,14,15). The van der Waals surface area contributed by atoms with Gasteiger partial charge in [-0.15, -0.1) is 0 Å². The topological polar surface area (TPSA) is 103 Å². The predicted molar refractivity (Wildman–Crippen MR) is 65.5 cm³/mol. The number of anilines is 1. The Bertz CT molecular complexity index is 505. The van der Waals surface area contributed by atoms with E-state index in [1.165, 1.54) is 0 Å². The third kappa shape index (κ3) is 2.51. The second-order valence-corrected chi connectivity index (χ2v) is 4.28. The van der Waals surface area contributed by atoms with Crippen LogP contribution >= 0.6 is 0 Å². The van der Waals surface area contributed by atoms with Crippen LogP contribution in [0.3, 0.4) is 0 Å². The zero-order valence-electron chi connectivity index (χ0n) is 10.7. The number of nitrogens with one attached hydrogen (secondary N) is 1. The van der Waals surface area contributed by atoms with Crippen molar-refractivity contribution in [3.8, 4) is 11.6 Å². The lowest BCUT2D eigenvalue weighted by atomic mass is 10.1. The van der Waals surface area contributed by atoms with Gasteiger partial charge < -0.3 is 15.0 Å². The van der Waals surface area contributed by atoms with Crippen LogP contribution in [0.25, 0.3) is 11.6 Å². The molecule has 0 bridgehead atoms. The van der Waals surface area contributed by atoms with E-state index in [0.717, 1.165) is 0 Å². The summed E-state index contributed by atoms with van der Waals surface area (Å²) < 4.78 is 10.8. The Kier molecular flexibility index (Phi) is 3.61. The van der Waals surface area contributed by atoms with E-state index in [4.69, 9.17) is 15.0 Å². The first kappa shape index (κ1) is 12.6. The van der Waals surface area contributed by atoms with Crippen LogP contribution in [0.1, 0.15) is 32.7 Å². The Morgan fingerprint density at radius 1 is 1.50 bits per heavy atom. The number of aromatic amines is 1. The lowest BCUT2D eigenvalue weighted by Gasteiger charge is -2.16. The van der Waals surface area contributed by atoms with Gasteiger partial charge in [-0.3, -0.25) is 5.10 Å². The average Bonchev–Trinajstić information content (AvgIpc) is 2.93. The second kappa shape index (κ2) is 5.18. The van der Waals surface area contributed by atoms with Gasteiger partial charge in [0, 0.05) is 12.7 Å². The van der Waals surface area contributed by atoms with Crippen LogP contribution in [-0.4, -0.2) is 26.9 Å². The summed E-state index contributed by atoms with van der Waals surface area (Å²) in [6.45, 7) is 6.63. The summed E-state index contributed by atoms with van der Waals surface area (Å²) >= 11 is 0. The van der Waals surface area contributed by atoms with Crippen LogP contribution in [0.15, 0.2) is 10.6 Å². The summed E-state index contributed by atoms with van der Waals surface area (Å²) in [5, 5.41) is 10.5. The van der Waals surface area contributed by atoms with Crippen molar-refractivity contribution in [3.05, 3.63) is 11.9 Å². The minimum Gasteiger partial charge on any atom is -0.382 e. The molecule has 0 aliphatic carbocycles. The summed E-state index contributed by atoms with van der Waals surface area (Å²) in [5.74, 6) is 1.55. The zero-order chi connectivity index (χ0) is 13.1.